The molecule has 9 nitrogen and oxygen atoms in total. The van der Waals surface area contributed by atoms with Crippen molar-refractivity contribution in [3.8, 4) is 11.5 Å². The van der Waals surface area contributed by atoms with E-state index in [0.717, 1.165) is 25.7 Å². The number of unbranched alkanes of at least 4 members (excludes halogenated alkanes) is 4. The summed E-state index contributed by atoms with van der Waals surface area (Å²) in [7, 11) is 0. The number of esters is 3. The lowest BCUT2D eigenvalue weighted by atomic mass is 10.0. The molecule has 0 heterocycles. The fraction of sp³-hybridized carbons (Fsp3) is 0.643. The van der Waals surface area contributed by atoms with Crippen LogP contribution in [0.5, 0.6) is 11.5 Å². The molecule has 0 radical (unpaired) electrons. The van der Waals surface area contributed by atoms with Crippen LogP contribution in [0.2, 0.25) is 0 Å². The molecule has 9 heteroatoms. The summed E-state index contributed by atoms with van der Waals surface area (Å²) in [6.45, 7) is 9.37. The molecule has 0 aliphatic rings. The lowest BCUT2D eigenvalue weighted by molar-refractivity contribution is -0.152. The van der Waals surface area contributed by atoms with Gasteiger partial charge in [0.2, 0.25) is 0 Å². The molecule has 0 fully saturated rings. The predicted molar refractivity (Wildman–Crippen MR) is 140 cm³/mol. The van der Waals surface area contributed by atoms with Crippen LogP contribution in [0, 0.1) is 5.92 Å². The average molecular weight is 522 g/mol. The highest BCUT2D eigenvalue weighted by Gasteiger charge is 2.22. The normalized spacial score (nSPS) is 12.6. The number of carbonyl (C=O) groups excluding carboxylic acids is 3. The maximum atomic E-state index is 12.4. The molecular formula is C28H43NO8. The monoisotopic (exact) mass is 521 g/mol. The second-order valence-corrected chi connectivity index (χ2v) is 9.55. The van der Waals surface area contributed by atoms with Crippen LogP contribution in [0.15, 0.2) is 18.2 Å². The van der Waals surface area contributed by atoms with Crippen molar-refractivity contribution in [3.05, 3.63) is 23.8 Å². The minimum Gasteiger partial charge on any atom is -0.480 e. The SMILES string of the molecule is CCCCCC(=O)Oc1ccc(C[C@H](NCC(C)OC(=O)C(C)C)C(=O)O)cc1OC(=O)CCCCC. The highest BCUT2D eigenvalue weighted by Crippen LogP contribution is 2.30. The number of aliphatic carboxylic acids is 1. The molecule has 208 valence electrons. The molecule has 0 aliphatic heterocycles. The van der Waals surface area contributed by atoms with Crippen molar-refractivity contribution in [2.75, 3.05) is 6.54 Å². The van der Waals surface area contributed by atoms with Crippen LogP contribution in [0.3, 0.4) is 0 Å². The summed E-state index contributed by atoms with van der Waals surface area (Å²) in [5.74, 6) is -2.35. The van der Waals surface area contributed by atoms with Gasteiger partial charge >= 0.3 is 23.9 Å². The van der Waals surface area contributed by atoms with Crippen LogP contribution in [0.4, 0.5) is 0 Å². The van der Waals surface area contributed by atoms with E-state index < -0.39 is 30.1 Å². The lowest BCUT2D eigenvalue weighted by Gasteiger charge is -2.20. The highest BCUT2D eigenvalue weighted by molar-refractivity contribution is 5.77. The Hall–Kier alpha value is -2.94. The molecule has 0 aromatic heterocycles. The third-order valence-corrected chi connectivity index (χ3v) is 5.60. The molecule has 0 aliphatic carbocycles. The predicted octanol–water partition coefficient (Wildman–Crippen LogP) is 4.83. The van der Waals surface area contributed by atoms with Crippen molar-refractivity contribution in [2.45, 2.75) is 105 Å². The van der Waals surface area contributed by atoms with Crippen LogP contribution >= 0.6 is 0 Å². The Morgan fingerprint density at radius 1 is 0.865 bits per heavy atom. The number of nitrogens with one attached hydrogen (secondary N) is 1. The van der Waals surface area contributed by atoms with Gasteiger partial charge in [0.1, 0.15) is 12.1 Å². The minimum absolute atomic E-state index is 0.0747. The quantitative estimate of drug-likeness (QED) is 0.158. The van der Waals surface area contributed by atoms with Gasteiger partial charge in [0.15, 0.2) is 11.5 Å². The van der Waals surface area contributed by atoms with E-state index >= 15 is 0 Å². The third kappa shape index (κ3) is 13.3. The third-order valence-electron chi connectivity index (χ3n) is 5.60. The summed E-state index contributed by atoms with van der Waals surface area (Å²) in [6, 6.07) is 3.72. The van der Waals surface area contributed by atoms with Crippen molar-refractivity contribution >= 4 is 23.9 Å². The summed E-state index contributed by atoms with van der Waals surface area (Å²) < 4.78 is 16.3. The van der Waals surface area contributed by atoms with Gasteiger partial charge in [-0.25, -0.2) is 0 Å². The minimum atomic E-state index is -1.08. The molecule has 1 aromatic carbocycles. The molecule has 0 saturated carbocycles. The van der Waals surface area contributed by atoms with E-state index in [9.17, 15) is 24.3 Å². The van der Waals surface area contributed by atoms with Crippen molar-refractivity contribution in [2.24, 2.45) is 5.92 Å². The summed E-state index contributed by atoms with van der Waals surface area (Å²) in [4.78, 5) is 48.3. The molecule has 2 atom stereocenters. The van der Waals surface area contributed by atoms with Gasteiger partial charge in [-0.05, 0) is 43.9 Å². The Balaban J connectivity index is 2.97. The van der Waals surface area contributed by atoms with Gasteiger partial charge in [0.25, 0.3) is 0 Å². The van der Waals surface area contributed by atoms with Gasteiger partial charge in [0.05, 0.1) is 5.92 Å². The van der Waals surface area contributed by atoms with Gasteiger partial charge in [-0.1, -0.05) is 59.4 Å². The molecular weight excluding hydrogens is 478 g/mol. The molecule has 1 rings (SSSR count). The van der Waals surface area contributed by atoms with Gasteiger partial charge in [-0.15, -0.1) is 0 Å². The molecule has 0 spiro atoms. The van der Waals surface area contributed by atoms with E-state index in [2.05, 4.69) is 5.32 Å². The first-order chi connectivity index (χ1) is 17.6. The summed E-state index contributed by atoms with van der Waals surface area (Å²) in [6.07, 6.45) is 5.18. The van der Waals surface area contributed by atoms with Crippen molar-refractivity contribution in [1.29, 1.82) is 0 Å². The Morgan fingerprint density at radius 3 is 1.95 bits per heavy atom. The Labute approximate surface area is 220 Å². The van der Waals surface area contributed by atoms with E-state index in [1.165, 1.54) is 12.1 Å². The number of rotatable bonds is 18. The van der Waals surface area contributed by atoms with Crippen LogP contribution in [0.25, 0.3) is 0 Å². The first-order valence-electron chi connectivity index (χ1n) is 13.3. The van der Waals surface area contributed by atoms with Crippen LogP contribution in [-0.2, 0) is 30.3 Å². The zero-order chi connectivity index (χ0) is 27.8. The maximum Gasteiger partial charge on any atom is 0.321 e. The van der Waals surface area contributed by atoms with Gasteiger partial charge in [0, 0.05) is 19.4 Å². The molecule has 37 heavy (non-hydrogen) atoms. The van der Waals surface area contributed by atoms with Gasteiger partial charge < -0.3 is 24.6 Å². The number of ether oxygens (including phenoxy) is 3. The van der Waals surface area contributed by atoms with Gasteiger partial charge in [-0.2, -0.15) is 0 Å². The Kier molecular flexibility index (Phi) is 15.2. The molecule has 2 N–H and O–H groups in total. The average Bonchev–Trinajstić information content (AvgIpc) is 2.83. The number of carboxylic acids is 1. The maximum absolute atomic E-state index is 12.4. The van der Waals surface area contributed by atoms with E-state index in [-0.39, 0.29) is 49.2 Å². The standard InChI is InChI=1S/C28H43NO8/c1-6-8-10-12-25(30)36-23-15-14-21(17-24(23)37-26(31)13-11-9-7-2)16-22(27(32)33)29-18-20(5)35-28(34)19(3)4/h14-15,17,19-20,22,29H,6-13,16,18H2,1-5H3,(H,32,33)/t20?,22-/m0/s1. The fourth-order valence-electron chi connectivity index (χ4n) is 3.40. The van der Waals surface area contributed by atoms with E-state index in [1.54, 1.807) is 26.8 Å². The zero-order valence-electron chi connectivity index (χ0n) is 22.8. The topological polar surface area (TPSA) is 128 Å². The summed E-state index contributed by atoms with van der Waals surface area (Å²) in [5, 5.41) is 12.6. The van der Waals surface area contributed by atoms with E-state index in [1.807, 2.05) is 13.8 Å². The number of carbonyl (C=O) groups is 4. The van der Waals surface area contributed by atoms with E-state index in [4.69, 9.17) is 14.2 Å². The first kappa shape index (κ1) is 32.1. The van der Waals surface area contributed by atoms with Gasteiger partial charge in [-0.3, -0.25) is 19.2 Å². The Bertz CT molecular complexity index is 883. The second kappa shape index (κ2) is 17.5. The number of hydrogen-bond donors (Lipinski definition) is 2. The number of carboxylic acid groups (broad SMARTS) is 1. The summed E-state index contributed by atoms with van der Waals surface area (Å²) in [5.41, 5.74) is 0.578. The highest BCUT2D eigenvalue weighted by atomic mass is 16.6. The van der Waals surface area contributed by atoms with Crippen LogP contribution < -0.4 is 14.8 Å². The summed E-state index contributed by atoms with van der Waals surface area (Å²) >= 11 is 0. The fourth-order valence-corrected chi connectivity index (χ4v) is 3.40. The largest absolute Gasteiger partial charge is 0.480 e. The lowest BCUT2D eigenvalue weighted by Crippen LogP contribution is -2.43. The molecule has 0 saturated heterocycles. The molecule has 0 amide bonds. The number of hydrogen-bond acceptors (Lipinski definition) is 8. The van der Waals surface area contributed by atoms with Crippen LogP contribution in [0.1, 0.15) is 91.5 Å². The molecule has 1 aromatic rings. The van der Waals surface area contributed by atoms with Crippen molar-refractivity contribution in [1.82, 2.24) is 5.32 Å². The second-order valence-electron chi connectivity index (χ2n) is 9.55. The van der Waals surface area contributed by atoms with Crippen molar-refractivity contribution in [3.63, 3.8) is 0 Å². The molecule has 1 unspecified atom stereocenters. The van der Waals surface area contributed by atoms with E-state index in [0.29, 0.717) is 18.4 Å². The Morgan fingerprint density at radius 2 is 1.43 bits per heavy atom. The van der Waals surface area contributed by atoms with Crippen molar-refractivity contribution < 1.29 is 38.5 Å². The van der Waals surface area contributed by atoms with Crippen LogP contribution in [-0.4, -0.2) is 47.7 Å². The molecule has 0 bridgehead atoms. The smallest absolute Gasteiger partial charge is 0.321 e. The first-order valence-corrected chi connectivity index (χ1v) is 13.3. The number of benzene rings is 1. The zero-order valence-corrected chi connectivity index (χ0v) is 22.8.